The molecule has 1 heterocycles. The highest BCUT2D eigenvalue weighted by Crippen LogP contribution is 2.02. The lowest BCUT2D eigenvalue weighted by Crippen LogP contribution is -2.14. The van der Waals surface area contributed by atoms with Crippen LogP contribution < -0.4 is 5.32 Å². The van der Waals surface area contributed by atoms with E-state index in [4.69, 9.17) is 10.4 Å². The third-order valence-corrected chi connectivity index (χ3v) is 1.40. The molecular weight excluding hydrogens is 182 g/mol. The van der Waals surface area contributed by atoms with Gasteiger partial charge in [-0.3, -0.25) is 4.79 Å². The van der Waals surface area contributed by atoms with Gasteiger partial charge in [0.1, 0.15) is 18.1 Å². The van der Waals surface area contributed by atoms with Crippen LogP contribution in [-0.4, -0.2) is 16.0 Å². The molecule has 0 atom stereocenters. The van der Waals surface area contributed by atoms with Crippen LogP contribution >= 0.6 is 0 Å². The topological polar surface area (TPSA) is 86.0 Å². The van der Waals surface area contributed by atoms with Crippen molar-refractivity contribution in [3.8, 4) is 6.07 Å². The summed E-state index contributed by atoms with van der Waals surface area (Å²) >= 11 is 0. The summed E-state index contributed by atoms with van der Waals surface area (Å²) in [6, 6.07) is 6.51. The Morgan fingerprint density at radius 3 is 2.93 bits per heavy atom. The molecule has 5 heteroatoms. The molecule has 1 aromatic rings. The van der Waals surface area contributed by atoms with Gasteiger partial charge in [-0.2, -0.15) is 5.26 Å². The van der Waals surface area contributed by atoms with Gasteiger partial charge in [0.05, 0.1) is 0 Å². The van der Waals surface area contributed by atoms with Crippen molar-refractivity contribution in [2.75, 3.05) is 5.32 Å². The number of carbonyl (C=O) groups excluding carboxylic acids is 1. The molecule has 2 N–H and O–H groups in total. The highest BCUT2D eigenvalue weighted by Gasteiger charge is 2.08. The highest BCUT2D eigenvalue weighted by molar-refractivity contribution is 6.05. The van der Waals surface area contributed by atoms with E-state index >= 15 is 0 Å². The van der Waals surface area contributed by atoms with Gasteiger partial charge in [-0.05, 0) is 12.1 Å². The molecule has 0 saturated heterocycles. The van der Waals surface area contributed by atoms with Crippen molar-refractivity contribution in [2.24, 2.45) is 0 Å². The van der Waals surface area contributed by atoms with Gasteiger partial charge < -0.3 is 10.4 Å². The summed E-state index contributed by atoms with van der Waals surface area (Å²) < 4.78 is 0. The normalized spacial score (nSPS) is 10.4. The first-order valence-corrected chi connectivity index (χ1v) is 3.75. The minimum atomic E-state index is -0.686. The Morgan fingerprint density at radius 1 is 1.64 bits per heavy atom. The number of aliphatic hydroxyl groups excluding tert-OH is 1. The number of nitrogens with zero attached hydrogens (tertiary/aromatic N) is 2. The molecule has 70 valence electrons. The summed E-state index contributed by atoms with van der Waals surface area (Å²) in [4.78, 5) is 15.0. The maximum Gasteiger partial charge on any atom is 0.270 e. The van der Waals surface area contributed by atoms with Crippen molar-refractivity contribution in [1.82, 2.24) is 4.98 Å². The van der Waals surface area contributed by atoms with Crippen molar-refractivity contribution < 1.29 is 9.90 Å². The summed E-state index contributed by atoms with van der Waals surface area (Å²) in [7, 11) is 0. The van der Waals surface area contributed by atoms with Crippen molar-refractivity contribution >= 4 is 11.7 Å². The largest absolute Gasteiger partial charge is 0.514 e. The Labute approximate surface area is 80.3 Å². The molecule has 1 amide bonds. The molecule has 0 radical (unpaired) electrons. The number of pyridine rings is 1. The number of hydrogen-bond donors (Lipinski definition) is 2. The molecule has 1 aromatic heterocycles. The van der Waals surface area contributed by atoms with Crippen LogP contribution in [0.5, 0.6) is 0 Å². The van der Waals surface area contributed by atoms with E-state index in [1.165, 1.54) is 6.20 Å². The van der Waals surface area contributed by atoms with Crippen molar-refractivity contribution in [3.05, 3.63) is 36.2 Å². The lowest BCUT2D eigenvalue weighted by atomic mass is 10.3. The quantitative estimate of drug-likeness (QED) is 0.412. The van der Waals surface area contributed by atoms with Crippen LogP contribution in [0.15, 0.2) is 36.2 Å². The fraction of sp³-hybridized carbons (Fsp3) is 0. The van der Waals surface area contributed by atoms with Crippen LogP contribution in [0.2, 0.25) is 0 Å². The minimum Gasteiger partial charge on any atom is -0.514 e. The molecule has 0 spiro atoms. The third kappa shape index (κ3) is 2.32. The van der Waals surface area contributed by atoms with Gasteiger partial charge in [-0.15, -0.1) is 0 Å². The van der Waals surface area contributed by atoms with E-state index in [1.807, 2.05) is 0 Å². The maximum atomic E-state index is 11.2. The summed E-state index contributed by atoms with van der Waals surface area (Å²) in [5.74, 6) is -0.360. The Bertz CT molecular complexity index is 392. The molecule has 14 heavy (non-hydrogen) atoms. The smallest absolute Gasteiger partial charge is 0.270 e. The first-order chi connectivity index (χ1) is 6.77. The molecule has 0 aliphatic carbocycles. The fourth-order valence-corrected chi connectivity index (χ4v) is 0.759. The van der Waals surface area contributed by atoms with Gasteiger partial charge in [0.2, 0.25) is 0 Å². The molecule has 0 bridgehead atoms. The molecule has 0 aliphatic heterocycles. The van der Waals surface area contributed by atoms with Gasteiger partial charge in [0.15, 0.2) is 5.57 Å². The number of carbonyl (C=O) groups is 1. The number of aliphatic hydroxyl groups is 1. The highest BCUT2D eigenvalue weighted by atomic mass is 16.2. The zero-order chi connectivity index (χ0) is 10.4. The molecule has 0 aromatic carbocycles. The third-order valence-electron chi connectivity index (χ3n) is 1.40. The number of nitrogens with one attached hydrogen (secondary N) is 1. The molecule has 0 unspecified atom stereocenters. The SMILES string of the molecule is N#CC(=CO)C(=O)Nc1ccccn1. The van der Waals surface area contributed by atoms with Gasteiger partial charge in [0.25, 0.3) is 5.91 Å². The molecule has 0 saturated carbocycles. The van der Waals surface area contributed by atoms with Gasteiger partial charge >= 0.3 is 0 Å². The number of anilines is 1. The molecular formula is C9H7N3O2. The number of rotatable bonds is 2. The van der Waals surface area contributed by atoms with Crippen LogP contribution in [0.1, 0.15) is 0 Å². The van der Waals surface area contributed by atoms with Gasteiger partial charge in [-0.1, -0.05) is 6.07 Å². The number of nitriles is 1. The maximum absolute atomic E-state index is 11.2. The zero-order valence-electron chi connectivity index (χ0n) is 7.14. The predicted molar refractivity (Wildman–Crippen MR) is 49.2 cm³/mol. The number of amides is 1. The Balaban J connectivity index is 2.73. The van der Waals surface area contributed by atoms with Crippen molar-refractivity contribution in [2.45, 2.75) is 0 Å². The van der Waals surface area contributed by atoms with Crippen molar-refractivity contribution in [3.63, 3.8) is 0 Å². The second-order valence-electron chi connectivity index (χ2n) is 2.32. The van der Waals surface area contributed by atoms with E-state index in [9.17, 15) is 4.79 Å². The molecule has 0 fully saturated rings. The van der Waals surface area contributed by atoms with Crippen LogP contribution in [0, 0.1) is 11.3 Å². The summed E-state index contributed by atoms with van der Waals surface area (Å²) in [6.07, 6.45) is 1.96. The Hall–Kier alpha value is -2.35. The van der Waals surface area contributed by atoms with E-state index in [1.54, 1.807) is 24.3 Å². The van der Waals surface area contributed by atoms with Crippen LogP contribution in [0.3, 0.4) is 0 Å². The lowest BCUT2D eigenvalue weighted by Gasteiger charge is -2.00. The average Bonchev–Trinajstić information content (AvgIpc) is 2.21. The van der Waals surface area contributed by atoms with E-state index in [0.717, 1.165) is 0 Å². The second-order valence-corrected chi connectivity index (χ2v) is 2.32. The second kappa shape index (κ2) is 4.62. The van der Waals surface area contributed by atoms with Gasteiger partial charge in [-0.25, -0.2) is 4.98 Å². The predicted octanol–water partition coefficient (Wildman–Crippen LogP) is 0.986. The van der Waals surface area contributed by atoms with Crippen LogP contribution in [0.4, 0.5) is 5.82 Å². The van der Waals surface area contributed by atoms with E-state index in [-0.39, 0.29) is 5.57 Å². The fourth-order valence-electron chi connectivity index (χ4n) is 0.759. The number of hydrogen-bond acceptors (Lipinski definition) is 4. The van der Waals surface area contributed by atoms with Crippen molar-refractivity contribution in [1.29, 1.82) is 5.26 Å². The monoisotopic (exact) mass is 189 g/mol. The Morgan fingerprint density at radius 2 is 2.43 bits per heavy atom. The number of aromatic nitrogens is 1. The first kappa shape index (κ1) is 9.74. The minimum absolute atomic E-state index is 0.326. The summed E-state index contributed by atoms with van der Waals surface area (Å²) in [5.41, 5.74) is -0.365. The van der Waals surface area contributed by atoms with E-state index in [2.05, 4.69) is 10.3 Å². The zero-order valence-corrected chi connectivity index (χ0v) is 7.14. The Kier molecular flexibility index (Phi) is 3.21. The first-order valence-electron chi connectivity index (χ1n) is 3.75. The van der Waals surface area contributed by atoms with E-state index < -0.39 is 5.91 Å². The molecule has 0 aliphatic rings. The molecule has 5 nitrogen and oxygen atoms in total. The molecule has 1 rings (SSSR count). The lowest BCUT2D eigenvalue weighted by molar-refractivity contribution is -0.112. The van der Waals surface area contributed by atoms with Gasteiger partial charge in [0, 0.05) is 6.20 Å². The van der Waals surface area contributed by atoms with E-state index in [0.29, 0.717) is 12.1 Å². The standard InChI is InChI=1S/C9H7N3O2/c10-5-7(6-13)9(14)12-8-3-1-2-4-11-8/h1-4,6,13H,(H,11,12,14). The summed E-state index contributed by atoms with van der Waals surface area (Å²) in [6.45, 7) is 0. The summed E-state index contributed by atoms with van der Waals surface area (Å²) in [5, 5.41) is 19.3. The average molecular weight is 189 g/mol. The van der Waals surface area contributed by atoms with Crippen LogP contribution in [-0.2, 0) is 4.79 Å². The van der Waals surface area contributed by atoms with Crippen LogP contribution in [0.25, 0.3) is 0 Å².